The van der Waals surface area contributed by atoms with Crippen molar-refractivity contribution in [2.24, 2.45) is 0 Å². The zero-order valence-electron chi connectivity index (χ0n) is 10.2. The van der Waals surface area contributed by atoms with Crippen LogP contribution < -0.4 is 0 Å². The van der Waals surface area contributed by atoms with Crippen LogP contribution in [0.25, 0.3) is 10.9 Å². The molecule has 0 spiro atoms. The highest BCUT2D eigenvalue weighted by Crippen LogP contribution is 2.37. The molecule has 2 aromatic rings. The Morgan fingerprint density at radius 2 is 1.89 bits per heavy atom. The van der Waals surface area contributed by atoms with Crippen LogP contribution in [0.2, 0.25) is 0 Å². The first-order valence-corrected chi connectivity index (χ1v) is 6.53. The van der Waals surface area contributed by atoms with Crippen LogP contribution in [0.3, 0.4) is 0 Å². The van der Waals surface area contributed by atoms with Gasteiger partial charge in [0.1, 0.15) is 11.6 Å². The lowest BCUT2D eigenvalue weighted by Gasteiger charge is -2.22. The highest BCUT2D eigenvalue weighted by Gasteiger charge is 2.20. The van der Waals surface area contributed by atoms with Gasteiger partial charge in [0.15, 0.2) is 0 Å². The van der Waals surface area contributed by atoms with E-state index in [-0.39, 0.29) is 11.6 Å². The van der Waals surface area contributed by atoms with Crippen molar-refractivity contribution in [3.05, 3.63) is 35.8 Å². The average molecular weight is 245 g/mol. The standard InChI is InChI=1S/C15H16FNO/c16-12-7-6-11-8-14(18)15(17-13(11)9-12)10-4-2-1-3-5-10/h6-10,18H,1-5H2. The topological polar surface area (TPSA) is 33.1 Å². The second kappa shape index (κ2) is 4.56. The molecule has 1 aliphatic carbocycles. The van der Waals surface area contributed by atoms with Gasteiger partial charge in [0, 0.05) is 17.4 Å². The third-order valence-electron chi connectivity index (χ3n) is 3.78. The van der Waals surface area contributed by atoms with E-state index in [2.05, 4.69) is 4.98 Å². The first-order chi connectivity index (χ1) is 8.74. The number of fused-ring (bicyclic) bond motifs is 1. The van der Waals surface area contributed by atoms with Gasteiger partial charge >= 0.3 is 0 Å². The summed E-state index contributed by atoms with van der Waals surface area (Å²) >= 11 is 0. The Hall–Kier alpha value is -1.64. The molecule has 3 rings (SSSR count). The quantitative estimate of drug-likeness (QED) is 0.819. The minimum atomic E-state index is -0.282. The number of halogens is 1. The van der Waals surface area contributed by atoms with Crippen LogP contribution >= 0.6 is 0 Å². The lowest BCUT2D eigenvalue weighted by atomic mass is 9.86. The van der Waals surface area contributed by atoms with Crippen molar-refractivity contribution in [3.63, 3.8) is 0 Å². The summed E-state index contributed by atoms with van der Waals surface area (Å²) in [5.74, 6) is 0.294. The SMILES string of the molecule is Oc1cc2ccc(F)cc2nc1C1CCCCC1. The summed E-state index contributed by atoms with van der Waals surface area (Å²) in [7, 11) is 0. The third kappa shape index (κ3) is 2.05. The molecule has 0 bridgehead atoms. The van der Waals surface area contributed by atoms with E-state index in [0.717, 1.165) is 23.9 Å². The van der Waals surface area contributed by atoms with E-state index < -0.39 is 0 Å². The molecule has 3 heteroatoms. The van der Waals surface area contributed by atoms with Gasteiger partial charge in [-0.2, -0.15) is 0 Å². The van der Waals surface area contributed by atoms with Gasteiger partial charge in [-0.05, 0) is 31.0 Å². The Balaban J connectivity index is 2.07. The van der Waals surface area contributed by atoms with E-state index >= 15 is 0 Å². The number of pyridine rings is 1. The molecule has 0 atom stereocenters. The normalized spacial score (nSPS) is 17.2. The fourth-order valence-corrected chi connectivity index (χ4v) is 2.82. The highest BCUT2D eigenvalue weighted by atomic mass is 19.1. The predicted molar refractivity (Wildman–Crippen MR) is 69.2 cm³/mol. The predicted octanol–water partition coefficient (Wildman–Crippen LogP) is 4.13. The van der Waals surface area contributed by atoms with Crippen molar-refractivity contribution in [3.8, 4) is 5.75 Å². The van der Waals surface area contributed by atoms with Crippen molar-refractivity contribution in [1.29, 1.82) is 0 Å². The molecule has 0 radical (unpaired) electrons. The van der Waals surface area contributed by atoms with Crippen molar-refractivity contribution in [1.82, 2.24) is 4.98 Å². The molecule has 0 unspecified atom stereocenters. The Morgan fingerprint density at radius 1 is 1.11 bits per heavy atom. The number of aromatic hydroxyl groups is 1. The first-order valence-electron chi connectivity index (χ1n) is 6.53. The summed E-state index contributed by atoms with van der Waals surface area (Å²) in [5, 5.41) is 10.9. The van der Waals surface area contributed by atoms with Gasteiger partial charge in [0.05, 0.1) is 11.2 Å². The fraction of sp³-hybridized carbons (Fsp3) is 0.400. The number of hydrogen-bond acceptors (Lipinski definition) is 2. The number of rotatable bonds is 1. The summed E-state index contributed by atoms with van der Waals surface area (Å²) in [6.45, 7) is 0. The summed E-state index contributed by atoms with van der Waals surface area (Å²) < 4.78 is 13.2. The minimum Gasteiger partial charge on any atom is -0.506 e. The van der Waals surface area contributed by atoms with E-state index in [4.69, 9.17) is 0 Å². The molecule has 1 aromatic carbocycles. The Labute approximate surface area is 105 Å². The van der Waals surface area contributed by atoms with Crippen molar-refractivity contribution >= 4 is 10.9 Å². The van der Waals surface area contributed by atoms with Crippen LogP contribution in [0.1, 0.15) is 43.7 Å². The summed E-state index contributed by atoms with van der Waals surface area (Å²) in [5.41, 5.74) is 1.38. The van der Waals surface area contributed by atoms with Crippen LogP contribution in [-0.2, 0) is 0 Å². The molecule has 94 valence electrons. The van der Waals surface area contributed by atoms with Gasteiger partial charge in [-0.3, -0.25) is 0 Å². The molecule has 1 aliphatic rings. The average Bonchev–Trinajstić information content (AvgIpc) is 2.39. The number of nitrogens with zero attached hydrogens (tertiary/aromatic N) is 1. The molecular weight excluding hydrogens is 229 g/mol. The fourth-order valence-electron chi connectivity index (χ4n) is 2.82. The highest BCUT2D eigenvalue weighted by molar-refractivity contribution is 5.80. The molecule has 2 nitrogen and oxygen atoms in total. The maximum atomic E-state index is 13.2. The van der Waals surface area contributed by atoms with Gasteiger partial charge < -0.3 is 5.11 Å². The van der Waals surface area contributed by atoms with E-state index in [9.17, 15) is 9.50 Å². The zero-order chi connectivity index (χ0) is 12.5. The first kappa shape index (κ1) is 11.5. The molecule has 1 N–H and O–H groups in total. The van der Waals surface area contributed by atoms with E-state index in [0.29, 0.717) is 11.4 Å². The van der Waals surface area contributed by atoms with Crippen LogP contribution in [0.4, 0.5) is 4.39 Å². The van der Waals surface area contributed by atoms with E-state index in [1.54, 1.807) is 12.1 Å². The van der Waals surface area contributed by atoms with Gasteiger partial charge in [-0.15, -0.1) is 0 Å². The second-order valence-electron chi connectivity index (χ2n) is 5.06. The molecule has 1 aromatic heterocycles. The monoisotopic (exact) mass is 245 g/mol. The number of hydrogen-bond donors (Lipinski definition) is 1. The molecular formula is C15H16FNO. The maximum Gasteiger partial charge on any atom is 0.138 e. The third-order valence-corrected chi connectivity index (χ3v) is 3.78. The van der Waals surface area contributed by atoms with Gasteiger partial charge in [-0.1, -0.05) is 19.3 Å². The summed E-state index contributed by atoms with van der Waals surface area (Å²) in [4.78, 5) is 4.47. The molecule has 1 saturated carbocycles. The van der Waals surface area contributed by atoms with Gasteiger partial charge in [0.25, 0.3) is 0 Å². The number of benzene rings is 1. The van der Waals surface area contributed by atoms with E-state index in [1.807, 2.05) is 0 Å². The summed E-state index contributed by atoms with van der Waals surface area (Å²) in [6.07, 6.45) is 5.78. The maximum absolute atomic E-state index is 13.2. The summed E-state index contributed by atoms with van der Waals surface area (Å²) in [6, 6.07) is 6.18. The van der Waals surface area contributed by atoms with Crippen LogP contribution in [0.15, 0.2) is 24.3 Å². The van der Waals surface area contributed by atoms with Crippen molar-refractivity contribution in [2.45, 2.75) is 38.0 Å². The number of aromatic nitrogens is 1. The molecule has 0 amide bonds. The largest absolute Gasteiger partial charge is 0.506 e. The molecule has 0 aliphatic heterocycles. The Morgan fingerprint density at radius 3 is 2.67 bits per heavy atom. The van der Waals surface area contributed by atoms with Crippen LogP contribution in [0.5, 0.6) is 5.75 Å². The minimum absolute atomic E-state index is 0.251. The molecule has 1 heterocycles. The Bertz CT molecular complexity index is 576. The molecule has 1 fully saturated rings. The lowest BCUT2D eigenvalue weighted by molar-refractivity contribution is 0.407. The zero-order valence-corrected chi connectivity index (χ0v) is 10.2. The van der Waals surface area contributed by atoms with Gasteiger partial charge in [-0.25, -0.2) is 9.37 Å². The molecule has 18 heavy (non-hydrogen) atoms. The van der Waals surface area contributed by atoms with Gasteiger partial charge in [0.2, 0.25) is 0 Å². The van der Waals surface area contributed by atoms with Crippen molar-refractivity contribution < 1.29 is 9.50 Å². The van der Waals surface area contributed by atoms with Crippen LogP contribution in [-0.4, -0.2) is 10.1 Å². The lowest BCUT2D eigenvalue weighted by Crippen LogP contribution is -2.07. The second-order valence-corrected chi connectivity index (χ2v) is 5.06. The van der Waals surface area contributed by atoms with E-state index in [1.165, 1.54) is 31.4 Å². The van der Waals surface area contributed by atoms with Crippen molar-refractivity contribution in [2.75, 3.05) is 0 Å². The smallest absolute Gasteiger partial charge is 0.138 e. The Kier molecular flexibility index (Phi) is 2.90. The van der Waals surface area contributed by atoms with Crippen LogP contribution in [0, 0.1) is 5.82 Å². The molecule has 0 saturated heterocycles.